The van der Waals surface area contributed by atoms with Crippen molar-refractivity contribution in [2.24, 2.45) is 0 Å². The smallest absolute Gasteiger partial charge is 0.262 e. The molecule has 0 saturated carbocycles. The number of aromatic nitrogens is 3. The van der Waals surface area contributed by atoms with Crippen LogP contribution in [-0.2, 0) is 4.79 Å². The molecular weight excluding hydrogens is 556 g/mol. The summed E-state index contributed by atoms with van der Waals surface area (Å²) in [5.41, 5.74) is 6.91. The molecule has 1 amide bonds. The van der Waals surface area contributed by atoms with Crippen LogP contribution in [0.2, 0.25) is 0 Å². The van der Waals surface area contributed by atoms with E-state index in [4.69, 9.17) is 17.0 Å². The van der Waals surface area contributed by atoms with Gasteiger partial charge in [-0.1, -0.05) is 24.3 Å². The van der Waals surface area contributed by atoms with Gasteiger partial charge in [-0.3, -0.25) is 9.78 Å². The van der Waals surface area contributed by atoms with Gasteiger partial charge in [0.1, 0.15) is 11.6 Å². The van der Waals surface area contributed by atoms with E-state index in [1.807, 2.05) is 85.1 Å². The number of rotatable bonds is 8. The molecule has 0 aliphatic carbocycles. The molecule has 4 heterocycles. The average molecular weight is 589 g/mol. The number of hydrogen-bond donors (Lipinski definition) is 2. The van der Waals surface area contributed by atoms with E-state index in [0.717, 1.165) is 39.7 Å². The molecule has 1 saturated heterocycles. The summed E-state index contributed by atoms with van der Waals surface area (Å²) in [6, 6.07) is 28.8. The Morgan fingerprint density at radius 3 is 2.42 bits per heavy atom. The fourth-order valence-electron chi connectivity index (χ4n) is 5.60. The molecule has 0 spiro atoms. The summed E-state index contributed by atoms with van der Waals surface area (Å²) >= 11 is 5.94. The molecule has 9 heteroatoms. The Morgan fingerprint density at radius 2 is 1.70 bits per heavy atom. The molecule has 5 aromatic rings. The number of nitrogens with one attached hydrogen (secondary N) is 2. The topological polar surface area (TPSA) is 84.3 Å². The van der Waals surface area contributed by atoms with Gasteiger partial charge in [-0.05, 0) is 111 Å². The number of anilines is 2. The van der Waals surface area contributed by atoms with Crippen molar-refractivity contribution in [3.63, 3.8) is 0 Å². The second-order valence-electron chi connectivity index (χ2n) is 10.5. The molecular formula is C34H32N6O2S. The van der Waals surface area contributed by atoms with Crippen LogP contribution in [0.25, 0.3) is 5.82 Å². The highest BCUT2D eigenvalue weighted by Crippen LogP contribution is 2.43. The zero-order chi connectivity index (χ0) is 29.9. The van der Waals surface area contributed by atoms with Crippen LogP contribution in [-0.4, -0.2) is 32.2 Å². The number of para-hydroxylation sites is 1. The molecule has 1 aliphatic rings. The maximum atomic E-state index is 12.5. The summed E-state index contributed by atoms with van der Waals surface area (Å²) in [5.74, 6) is 1.29. The van der Waals surface area contributed by atoms with Gasteiger partial charge in [0.05, 0.1) is 17.8 Å². The van der Waals surface area contributed by atoms with E-state index in [0.29, 0.717) is 16.5 Å². The van der Waals surface area contributed by atoms with E-state index >= 15 is 0 Å². The number of ether oxygens (including phenoxy) is 1. The van der Waals surface area contributed by atoms with E-state index < -0.39 is 0 Å². The van der Waals surface area contributed by atoms with E-state index in [1.165, 1.54) is 0 Å². The van der Waals surface area contributed by atoms with Gasteiger partial charge < -0.3 is 24.8 Å². The summed E-state index contributed by atoms with van der Waals surface area (Å²) in [6.45, 7) is 6.21. The number of thiocarbonyl (C=S) groups is 1. The average Bonchev–Trinajstić information content (AvgIpc) is 3.52. The van der Waals surface area contributed by atoms with Crippen LogP contribution in [0.15, 0.2) is 103 Å². The lowest BCUT2D eigenvalue weighted by Gasteiger charge is -2.28. The van der Waals surface area contributed by atoms with Crippen molar-refractivity contribution in [2.75, 3.05) is 16.8 Å². The molecule has 8 nitrogen and oxygen atoms in total. The van der Waals surface area contributed by atoms with Gasteiger partial charge in [0.25, 0.3) is 5.91 Å². The number of nitrogens with zero attached hydrogens (tertiary/aromatic N) is 4. The fraction of sp³-hybridized carbons (Fsp3) is 0.176. The van der Waals surface area contributed by atoms with E-state index in [9.17, 15) is 4.79 Å². The fourth-order valence-corrected chi connectivity index (χ4v) is 5.95. The lowest BCUT2D eigenvalue weighted by Crippen LogP contribution is -2.29. The van der Waals surface area contributed by atoms with Crippen LogP contribution in [0.4, 0.5) is 11.4 Å². The minimum absolute atomic E-state index is 0.0782. The monoisotopic (exact) mass is 588 g/mol. The SMILES string of the molecule is Cc1ccnc(-n2c(C)cc(C3C(c4ccccn4)NC(=S)N3c3ccc(NC(=O)COc4ccccc4)cc3)c2C)c1. The molecule has 1 aliphatic heterocycles. The molecule has 2 atom stereocenters. The molecule has 3 aromatic heterocycles. The first kappa shape index (κ1) is 28.1. The number of benzene rings is 2. The zero-order valence-corrected chi connectivity index (χ0v) is 25.0. The van der Waals surface area contributed by atoms with Crippen LogP contribution in [0, 0.1) is 20.8 Å². The molecule has 43 heavy (non-hydrogen) atoms. The van der Waals surface area contributed by atoms with Crippen LogP contribution < -0.4 is 20.3 Å². The van der Waals surface area contributed by atoms with Gasteiger partial charge in [0.15, 0.2) is 11.7 Å². The summed E-state index contributed by atoms with van der Waals surface area (Å²) in [7, 11) is 0. The van der Waals surface area contributed by atoms with Crippen molar-refractivity contribution in [3.05, 3.63) is 132 Å². The van der Waals surface area contributed by atoms with Crippen molar-refractivity contribution in [2.45, 2.75) is 32.9 Å². The van der Waals surface area contributed by atoms with E-state index in [2.05, 4.69) is 63.0 Å². The molecule has 1 fully saturated rings. The maximum Gasteiger partial charge on any atom is 0.262 e. The lowest BCUT2D eigenvalue weighted by atomic mass is 9.96. The molecule has 216 valence electrons. The first-order chi connectivity index (χ1) is 20.9. The summed E-state index contributed by atoms with van der Waals surface area (Å²) in [6.07, 6.45) is 3.64. The quantitative estimate of drug-likeness (QED) is 0.203. The minimum Gasteiger partial charge on any atom is -0.484 e. The standard InChI is InChI=1S/C34H32N6O2S/c1-22-16-18-36-30(19-22)39-23(2)20-28(24(39)3)33-32(29-11-7-8-17-35-29)38-34(43)40(33)26-14-12-25(13-15-26)37-31(41)21-42-27-9-5-4-6-10-27/h4-20,32-33H,21H2,1-3H3,(H,37,41)(H,38,43). The largest absolute Gasteiger partial charge is 0.484 e. The van der Waals surface area contributed by atoms with Gasteiger partial charge in [0, 0.05) is 35.2 Å². The van der Waals surface area contributed by atoms with Crippen LogP contribution in [0.5, 0.6) is 5.75 Å². The third-order valence-corrected chi connectivity index (χ3v) is 7.87. The second-order valence-corrected chi connectivity index (χ2v) is 10.9. The van der Waals surface area contributed by atoms with Crippen molar-refractivity contribution < 1.29 is 9.53 Å². The third kappa shape index (κ3) is 5.85. The molecule has 2 unspecified atom stereocenters. The summed E-state index contributed by atoms with van der Waals surface area (Å²) in [4.78, 5) is 24.0. The molecule has 2 aromatic carbocycles. The van der Waals surface area contributed by atoms with Gasteiger partial charge in [-0.25, -0.2) is 4.98 Å². The predicted octanol–water partition coefficient (Wildman–Crippen LogP) is 6.39. The van der Waals surface area contributed by atoms with Gasteiger partial charge in [-0.2, -0.15) is 0 Å². The van der Waals surface area contributed by atoms with E-state index in [-0.39, 0.29) is 24.6 Å². The minimum atomic E-state index is -0.236. The van der Waals surface area contributed by atoms with Crippen molar-refractivity contribution in [3.8, 4) is 11.6 Å². The third-order valence-electron chi connectivity index (χ3n) is 7.56. The van der Waals surface area contributed by atoms with E-state index in [1.54, 1.807) is 6.20 Å². The van der Waals surface area contributed by atoms with Crippen molar-refractivity contribution in [1.29, 1.82) is 0 Å². The van der Waals surface area contributed by atoms with Crippen LogP contribution >= 0.6 is 12.2 Å². The molecule has 0 bridgehead atoms. The van der Waals surface area contributed by atoms with Crippen molar-refractivity contribution >= 4 is 34.6 Å². The second kappa shape index (κ2) is 12.1. The summed E-state index contributed by atoms with van der Waals surface area (Å²) in [5, 5.41) is 7.05. The Hall–Kier alpha value is -5.02. The number of pyridine rings is 2. The predicted molar refractivity (Wildman–Crippen MR) is 173 cm³/mol. The Labute approximate surface area is 256 Å². The highest BCUT2D eigenvalue weighted by atomic mass is 32.1. The first-order valence-electron chi connectivity index (χ1n) is 14.1. The first-order valence-corrected chi connectivity index (χ1v) is 14.5. The van der Waals surface area contributed by atoms with Crippen LogP contribution in [0.1, 0.15) is 40.3 Å². The number of aryl methyl sites for hydroxylation is 2. The number of carbonyl (C=O) groups is 1. The Morgan fingerprint density at radius 1 is 0.930 bits per heavy atom. The molecule has 2 N–H and O–H groups in total. The maximum absolute atomic E-state index is 12.5. The van der Waals surface area contributed by atoms with Crippen LogP contribution in [0.3, 0.4) is 0 Å². The summed E-state index contributed by atoms with van der Waals surface area (Å²) < 4.78 is 7.77. The molecule has 0 radical (unpaired) electrons. The number of hydrogen-bond acceptors (Lipinski definition) is 5. The number of amides is 1. The molecule has 6 rings (SSSR count). The zero-order valence-electron chi connectivity index (χ0n) is 24.2. The Balaban J connectivity index is 1.31. The van der Waals surface area contributed by atoms with Gasteiger partial charge in [-0.15, -0.1) is 0 Å². The Kier molecular flexibility index (Phi) is 7.89. The van der Waals surface area contributed by atoms with Crippen molar-refractivity contribution in [1.82, 2.24) is 19.9 Å². The highest BCUT2D eigenvalue weighted by molar-refractivity contribution is 7.80. The lowest BCUT2D eigenvalue weighted by molar-refractivity contribution is -0.118. The van der Waals surface area contributed by atoms with Gasteiger partial charge in [0.2, 0.25) is 0 Å². The number of carbonyl (C=O) groups excluding carboxylic acids is 1. The Bertz CT molecular complexity index is 1760. The normalized spacial score (nSPS) is 16.2. The van der Waals surface area contributed by atoms with Gasteiger partial charge >= 0.3 is 0 Å². The highest BCUT2D eigenvalue weighted by Gasteiger charge is 2.42.